The molecular formula is C20H30N2O2. The molecule has 2 fully saturated rings. The first-order valence-corrected chi connectivity index (χ1v) is 9.37. The number of hydrogen-bond donors (Lipinski definition) is 0. The first-order valence-electron chi connectivity index (χ1n) is 9.37. The molecule has 24 heavy (non-hydrogen) atoms. The molecule has 1 amide bonds. The van der Waals surface area contributed by atoms with Crippen molar-refractivity contribution in [3.8, 4) is 0 Å². The van der Waals surface area contributed by atoms with Gasteiger partial charge in [-0.2, -0.15) is 0 Å². The van der Waals surface area contributed by atoms with Gasteiger partial charge in [-0.15, -0.1) is 0 Å². The van der Waals surface area contributed by atoms with E-state index in [2.05, 4.69) is 34.9 Å². The summed E-state index contributed by atoms with van der Waals surface area (Å²) in [6.45, 7) is 7.89. The second kappa shape index (κ2) is 8.63. The molecule has 2 saturated heterocycles. The molecule has 1 aromatic rings. The minimum absolute atomic E-state index is 0.270. The molecule has 0 aliphatic carbocycles. The lowest BCUT2D eigenvalue weighted by Crippen LogP contribution is -2.47. The Morgan fingerprint density at radius 1 is 1.25 bits per heavy atom. The van der Waals surface area contributed by atoms with Gasteiger partial charge in [0.25, 0.3) is 0 Å². The fraction of sp³-hybridized carbons (Fsp3) is 0.650. The van der Waals surface area contributed by atoms with E-state index in [9.17, 15) is 4.79 Å². The second-order valence-corrected chi connectivity index (χ2v) is 7.15. The Morgan fingerprint density at radius 2 is 2.00 bits per heavy atom. The number of carbonyl (C=O) groups excluding carboxylic acids is 1. The molecule has 2 heterocycles. The highest BCUT2D eigenvalue weighted by molar-refractivity contribution is 5.79. The zero-order valence-electron chi connectivity index (χ0n) is 14.9. The van der Waals surface area contributed by atoms with E-state index < -0.39 is 0 Å². The first kappa shape index (κ1) is 17.4. The van der Waals surface area contributed by atoms with Crippen LogP contribution >= 0.6 is 0 Å². The summed E-state index contributed by atoms with van der Waals surface area (Å²) in [7, 11) is 0. The van der Waals surface area contributed by atoms with Crippen LogP contribution in [0.3, 0.4) is 0 Å². The van der Waals surface area contributed by atoms with E-state index in [-0.39, 0.29) is 5.91 Å². The average Bonchev–Trinajstić information content (AvgIpc) is 3.09. The third-order valence-corrected chi connectivity index (χ3v) is 5.25. The lowest BCUT2D eigenvalue weighted by atomic mass is 10.0. The third-order valence-electron chi connectivity index (χ3n) is 5.25. The number of hydrogen-bond acceptors (Lipinski definition) is 3. The number of rotatable bonds is 6. The van der Waals surface area contributed by atoms with Gasteiger partial charge in [-0.3, -0.25) is 4.79 Å². The van der Waals surface area contributed by atoms with Crippen LogP contribution in [0.1, 0.15) is 36.8 Å². The summed E-state index contributed by atoms with van der Waals surface area (Å²) in [5, 5.41) is 0. The summed E-state index contributed by atoms with van der Waals surface area (Å²) in [5.41, 5.74) is 2.34. The first-order chi connectivity index (χ1) is 11.7. The largest absolute Gasteiger partial charge is 0.381 e. The average molecular weight is 330 g/mol. The van der Waals surface area contributed by atoms with E-state index in [4.69, 9.17) is 4.74 Å². The van der Waals surface area contributed by atoms with Crippen molar-refractivity contribution in [2.75, 3.05) is 39.4 Å². The van der Waals surface area contributed by atoms with Gasteiger partial charge in [0.2, 0.25) is 5.91 Å². The van der Waals surface area contributed by atoms with E-state index >= 15 is 0 Å². The maximum Gasteiger partial charge on any atom is 0.227 e. The van der Waals surface area contributed by atoms with Crippen molar-refractivity contribution in [2.24, 2.45) is 0 Å². The van der Waals surface area contributed by atoms with Gasteiger partial charge in [0.15, 0.2) is 0 Å². The Kier molecular flexibility index (Phi) is 6.27. The molecule has 1 aromatic carbocycles. The van der Waals surface area contributed by atoms with Crippen LogP contribution < -0.4 is 0 Å². The van der Waals surface area contributed by atoms with Crippen LogP contribution in [0.15, 0.2) is 24.3 Å². The molecular weight excluding hydrogens is 300 g/mol. The van der Waals surface area contributed by atoms with Gasteiger partial charge < -0.3 is 14.5 Å². The summed E-state index contributed by atoms with van der Waals surface area (Å²) in [6, 6.07) is 8.66. The fourth-order valence-electron chi connectivity index (χ4n) is 3.86. The van der Waals surface area contributed by atoms with Crippen molar-refractivity contribution < 1.29 is 9.53 Å². The normalized spacial score (nSPS) is 19.5. The van der Waals surface area contributed by atoms with Crippen molar-refractivity contribution >= 4 is 5.91 Å². The summed E-state index contributed by atoms with van der Waals surface area (Å²) in [4.78, 5) is 17.6. The summed E-state index contributed by atoms with van der Waals surface area (Å²) in [6.07, 6.45) is 5.06. The predicted molar refractivity (Wildman–Crippen MR) is 96.1 cm³/mol. The topological polar surface area (TPSA) is 32.8 Å². The standard InChI is InChI=1S/C20H30N2O2/c1-17-5-4-6-18(15-17)16-20(23)22(19-7-13-24-14-8-19)12-11-21-9-2-3-10-21/h4-6,15,19H,2-3,7-14,16H2,1H3. The highest BCUT2D eigenvalue weighted by Gasteiger charge is 2.26. The molecule has 0 unspecified atom stereocenters. The molecule has 0 spiro atoms. The molecule has 2 aliphatic heterocycles. The van der Waals surface area contributed by atoms with E-state index in [1.807, 2.05) is 6.07 Å². The molecule has 0 aromatic heterocycles. The van der Waals surface area contributed by atoms with Gasteiger partial charge in [-0.1, -0.05) is 29.8 Å². The Morgan fingerprint density at radius 3 is 2.71 bits per heavy atom. The zero-order chi connectivity index (χ0) is 16.8. The fourth-order valence-corrected chi connectivity index (χ4v) is 3.86. The zero-order valence-corrected chi connectivity index (χ0v) is 14.9. The van der Waals surface area contributed by atoms with Crippen molar-refractivity contribution in [1.29, 1.82) is 0 Å². The van der Waals surface area contributed by atoms with Crippen LogP contribution in [0.2, 0.25) is 0 Å². The summed E-state index contributed by atoms with van der Waals surface area (Å²) in [5.74, 6) is 0.270. The molecule has 0 N–H and O–H groups in total. The van der Waals surface area contributed by atoms with Crippen molar-refractivity contribution in [3.63, 3.8) is 0 Å². The van der Waals surface area contributed by atoms with Crippen LogP contribution in [-0.2, 0) is 16.0 Å². The molecule has 0 saturated carbocycles. The van der Waals surface area contributed by atoms with Gasteiger partial charge in [-0.25, -0.2) is 0 Å². The molecule has 0 radical (unpaired) electrons. The number of nitrogens with zero attached hydrogens (tertiary/aromatic N) is 2. The Hall–Kier alpha value is -1.39. The van der Waals surface area contributed by atoms with Crippen LogP contribution in [0.25, 0.3) is 0 Å². The van der Waals surface area contributed by atoms with E-state index in [0.29, 0.717) is 12.5 Å². The molecule has 0 atom stereocenters. The number of carbonyl (C=O) groups is 1. The Bertz CT molecular complexity index is 534. The lowest BCUT2D eigenvalue weighted by Gasteiger charge is -2.35. The molecule has 4 nitrogen and oxygen atoms in total. The van der Waals surface area contributed by atoms with Crippen molar-refractivity contribution in [2.45, 2.75) is 45.1 Å². The van der Waals surface area contributed by atoms with Crippen molar-refractivity contribution in [3.05, 3.63) is 35.4 Å². The summed E-state index contributed by atoms with van der Waals surface area (Å²) < 4.78 is 5.49. The number of benzene rings is 1. The SMILES string of the molecule is Cc1cccc(CC(=O)N(CCN2CCCC2)C2CCOCC2)c1. The summed E-state index contributed by atoms with van der Waals surface area (Å²) >= 11 is 0. The number of likely N-dealkylation sites (tertiary alicyclic amines) is 1. The number of ether oxygens (including phenoxy) is 1. The van der Waals surface area contributed by atoms with Crippen LogP contribution in [0.5, 0.6) is 0 Å². The predicted octanol–water partition coefficient (Wildman–Crippen LogP) is 2.64. The van der Waals surface area contributed by atoms with Gasteiger partial charge in [0, 0.05) is 32.3 Å². The van der Waals surface area contributed by atoms with Crippen LogP contribution in [0.4, 0.5) is 0 Å². The monoisotopic (exact) mass is 330 g/mol. The van der Waals surface area contributed by atoms with Crippen molar-refractivity contribution in [1.82, 2.24) is 9.80 Å². The van der Waals surface area contributed by atoms with E-state index in [1.165, 1.54) is 31.5 Å². The third kappa shape index (κ3) is 4.81. The second-order valence-electron chi connectivity index (χ2n) is 7.15. The molecule has 132 valence electrons. The molecule has 4 heteroatoms. The van der Waals surface area contributed by atoms with E-state index in [1.54, 1.807) is 0 Å². The smallest absolute Gasteiger partial charge is 0.227 e. The maximum absolute atomic E-state index is 13.0. The number of amides is 1. The minimum Gasteiger partial charge on any atom is -0.381 e. The Balaban J connectivity index is 1.63. The van der Waals surface area contributed by atoms with Gasteiger partial charge in [-0.05, 0) is 51.3 Å². The molecule has 3 rings (SSSR count). The highest BCUT2D eigenvalue weighted by atomic mass is 16.5. The minimum atomic E-state index is 0.270. The molecule has 0 bridgehead atoms. The van der Waals surface area contributed by atoms with E-state index in [0.717, 1.165) is 44.7 Å². The van der Waals surface area contributed by atoms with Crippen LogP contribution in [0, 0.1) is 6.92 Å². The van der Waals surface area contributed by atoms with Crippen LogP contribution in [-0.4, -0.2) is 61.1 Å². The maximum atomic E-state index is 13.0. The number of aryl methyl sites for hydroxylation is 1. The van der Waals surface area contributed by atoms with Gasteiger partial charge in [0.05, 0.1) is 6.42 Å². The lowest BCUT2D eigenvalue weighted by molar-refractivity contribution is -0.135. The Labute approximate surface area is 145 Å². The highest BCUT2D eigenvalue weighted by Crippen LogP contribution is 2.17. The van der Waals surface area contributed by atoms with Gasteiger partial charge in [0.1, 0.15) is 0 Å². The molecule has 2 aliphatic rings. The quantitative estimate of drug-likeness (QED) is 0.804. The van der Waals surface area contributed by atoms with Gasteiger partial charge >= 0.3 is 0 Å².